The number of rotatable bonds is 5. The first-order valence-electron chi connectivity index (χ1n) is 9.60. The maximum atomic E-state index is 12.3. The summed E-state index contributed by atoms with van der Waals surface area (Å²) in [5, 5.41) is 4.45. The van der Waals surface area contributed by atoms with Crippen LogP contribution >= 0.6 is 0 Å². The maximum absolute atomic E-state index is 12.3. The van der Waals surface area contributed by atoms with E-state index in [4.69, 9.17) is 0 Å². The molecule has 0 aliphatic carbocycles. The highest BCUT2D eigenvalue weighted by Gasteiger charge is 2.38. The van der Waals surface area contributed by atoms with Gasteiger partial charge in [0.15, 0.2) is 0 Å². The number of imidazole rings is 1. The van der Waals surface area contributed by atoms with Gasteiger partial charge in [0, 0.05) is 37.2 Å². The molecule has 164 valence electrons. The van der Waals surface area contributed by atoms with E-state index in [1.165, 1.54) is 0 Å². The van der Waals surface area contributed by atoms with Crippen molar-refractivity contribution >= 4 is 22.8 Å². The molecule has 0 bridgehead atoms. The summed E-state index contributed by atoms with van der Waals surface area (Å²) < 4.78 is 38.8. The molecule has 0 saturated carbocycles. The molecule has 0 aliphatic rings. The van der Waals surface area contributed by atoms with Crippen molar-refractivity contribution in [2.45, 2.75) is 12.7 Å². The van der Waals surface area contributed by atoms with Crippen molar-refractivity contribution in [3.8, 4) is 17.1 Å². The van der Waals surface area contributed by atoms with Crippen LogP contribution in [0.25, 0.3) is 28.1 Å². The summed E-state index contributed by atoms with van der Waals surface area (Å²) in [6.07, 6.45) is -1.59. The minimum absolute atomic E-state index is 0.236. The third-order valence-corrected chi connectivity index (χ3v) is 4.87. The number of fused-ring (bicyclic) bond motifs is 1. The Bertz CT molecular complexity index is 1310. The van der Waals surface area contributed by atoms with Gasteiger partial charge in [-0.3, -0.25) is 9.59 Å². The minimum atomic E-state index is -4.92. The average Bonchev–Trinajstić information content (AvgIpc) is 3.43. The normalized spacial score (nSPS) is 11.5. The second-order valence-corrected chi connectivity index (χ2v) is 7.02. The van der Waals surface area contributed by atoms with Crippen molar-refractivity contribution in [2.24, 2.45) is 0 Å². The molecule has 2 heterocycles. The summed E-state index contributed by atoms with van der Waals surface area (Å²) in [7, 11) is 1.55. The molecule has 3 N–H and O–H groups in total. The van der Waals surface area contributed by atoms with E-state index in [0.717, 1.165) is 16.8 Å². The topological polar surface area (TPSA) is 91.8 Å². The number of benzene rings is 2. The van der Waals surface area contributed by atoms with Gasteiger partial charge < -0.3 is 20.2 Å². The van der Waals surface area contributed by atoms with E-state index in [-0.39, 0.29) is 12.5 Å². The Labute approximate surface area is 180 Å². The molecule has 2 aromatic carbocycles. The van der Waals surface area contributed by atoms with Crippen LogP contribution in [0.3, 0.4) is 0 Å². The fraction of sp³-hybridized carbons (Fsp3) is 0.136. The molecule has 10 heteroatoms. The highest BCUT2D eigenvalue weighted by Crippen LogP contribution is 2.25. The number of amides is 2. The van der Waals surface area contributed by atoms with Gasteiger partial charge in [-0.15, -0.1) is 0 Å². The summed E-state index contributed by atoms with van der Waals surface area (Å²) >= 11 is 0. The van der Waals surface area contributed by atoms with E-state index in [1.807, 2.05) is 35.6 Å². The van der Waals surface area contributed by atoms with Crippen LogP contribution in [0.1, 0.15) is 15.9 Å². The van der Waals surface area contributed by atoms with Gasteiger partial charge in [0.1, 0.15) is 11.3 Å². The molecule has 2 aromatic heterocycles. The third-order valence-electron chi connectivity index (χ3n) is 4.87. The first kappa shape index (κ1) is 21.2. The Morgan fingerprint density at radius 3 is 2.66 bits per heavy atom. The quantitative estimate of drug-likeness (QED) is 0.442. The number of H-pyrrole nitrogens is 1. The third kappa shape index (κ3) is 4.20. The number of carbonyl (C=O) groups excluding carboxylic acids is 2. The molecule has 4 aromatic rings. The number of aromatic nitrogens is 3. The number of carbonyl (C=O) groups is 2. The van der Waals surface area contributed by atoms with E-state index in [2.05, 4.69) is 15.3 Å². The largest absolute Gasteiger partial charge is 0.471 e. The molecule has 0 unspecified atom stereocenters. The van der Waals surface area contributed by atoms with Crippen LogP contribution < -0.4 is 10.6 Å². The zero-order valence-electron chi connectivity index (χ0n) is 16.8. The van der Waals surface area contributed by atoms with Crippen molar-refractivity contribution in [1.29, 1.82) is 0 Å². The molecule has 0 radical (unpaired) electrons. The lowest BCUT2D eigenvalue weighted by Crippen LogP contribution is -2.36. The molecule has 0 fully saturated rings. The number of halogens is 3. The molecular formula is C22H18F3N5O2. The molecule has 2 amide bonds. The SMILES string of the molecule is CNC(=O)c1cccc2[nH]c(-c3cccc(-n4ccc(CNC(=O)C(F)(F)F)c4)c3)nc12. The molecule has 0 saturated heterocycles. The fourth-order valence-corrected chi connectivity index (χ4v) is 3.29. The number of hydrogen-bond donors (Lipinski definition) is 3. The number of alkyl halides is 3. The molecule has 32 heavy (non-hydrogen) atoms. The van der Waals surface area contributed by atoms with Gasteiger partial charge in [0.25, 0.3) is 5.91 Å². The molecular weight excluding hydrogens is 423 g/mol. The van der Waals surface area contributed by atoms with E-state index in [9.17, 15) is 22.8 Å². The van der Waals surface area contributed by atoms with Crippen LogP contribution in [0.2, 0.25) is 0 Å². The predicted molar refractivity (Wildman–Crippen MR) is 112 cm³/mol. The summed E-state index contributed by atoms with van der Waals surface area (Å²) in [5.74, 6) is -1.64. The average molecular weight is 441 g/mol. The molecule has 7 nitrogen and oxygen atoms in total. The summed E-state index contributed by atoms with van der Waals surface area (Å²) in [6, 6.07) is 14.3. The van der Waals surface area contributed by atoms with Gasteiger partial charge in [0.2, 0.25) is 0 Å². The minimum Gasteiger partial charge on any atom is -0.355 e. The van der Waals surface area contributed by atoms with Crippen molar-refractivity contribution < 1.29 is 22.8 Å². The Balaban J connectivity index is 1.59. The fourth-order valence-electron chi connectivity index (χ4n) is 3.29. The zero-order chi connectivity index (χ0) is 22.9. The van der Waals surface area contributed by atoms with Crippen LogP contribution in [0, 0.1) is 0 Å². The van der Waals surface area contributed by atoms with Crippen LogP contribution in [-0.2, 0) is 11.3 Å². The van der Waals surface area contributed by atoms with Gasteiger partial charge >= 0.3 is 12.1 Å². The van der Waals surface area contributed by atoms with Gasteiger partial charge in [0.05, 0.1) is 11.1 Å². The van der Waals surface area contributed by atoms with E-state index in [0.29, 0.717) is 22.5 Å². The molecule has 0 spiro atoms. The lowest BCUT2D eigenvalue weighted by Gasteiger charge is -2.07. The second kappa shape index (κ2) is 8.22. The number of nitrogens with one attached hydrogen (secondary N) is 3. The van der Waals surface area contributed by atoms with Crippen molar-refractivity contribution in [2.75, 3.05) is 7.05 Å². The van der Waals surface area contributed by atoms with Crippen LogP contribution in [-0.4, -0.2) is 39.6 Å². The predicted octanol–water partition coefficient (Wildman–Crippen LogP) is 3.56. The summed E-state index contributed by atoms with van der Waals surface area (Å²) in [5.41, 5.74) is 3.77. The lowest BCUT2D eigenvalue weighted by atomic mass is 10.2. The van der Waals surface area contributed by atoms with E-state index in [1.54, 1.807) is 42.2 Å². The molecule has 0 atom stereocenters. The van der Waals surface area contributed by atoms with Gasteiger partial charge in [-0.1, -0.05) is 18.2 Å². The summed E-state index contributed by atoms with van der Waals surface area (Å²) in [6.45, 7) is -0.239. The Morgan fingerprint density at radius 1 is 1.12 bits per heavy atom. The number of aromatic amines is 1. The first-order chi connectivity index (χ1) is 15.3. The number of nitrogens with zero attached hydrogens (tertiary/aromatic N) is 2. The molecule has 0 aliphatic heterocycles. The van der Waals surface area contributed by atoms with Gasteiger partial charge in [-0.25, -0.2) is 4.98 Å². The molecule has 4 rings (SSSR count). The van der Waals surface area contributed by atoms with Crippen LogP contribution in [0.4, 0.5) is 13.2 Å². The zero-order valence-corrected chi connectivity index (χ0v) is 16.8. The Kier molecular flexibility index (Phi) is 5.43. The van der Waals surface area contributed by atoms with Crippen LogP contribution in [0.5, 0.6) is 0 Å². The van der Waals surface area contributed by atoms with E-state index >= 15 is 0 Å². The summed E-state index contributed by atoms with van der Waals surface area (Å²) in [4.78, 5) is 30.9. The van der Waals surface area contributed by atoms with E-state index < -0.39 is 12.1 Å². The second-order valence-electron chi connectivity index (χ2n) is 7.02. The highest BCUT2D eigenvalue weighted by atomic mass is 19.4. The Hall–Kier alpha value is -4.08. The Morgan fingerprint density at radius 2 is 1.91 bits per heavy atom. The van der Waals surface area contributed by atoms with Gasteiger partial charge in [-0.2, -0.15) is 13.2 Å². The van der Waals surface area contributed by atoms with Crippen molar-refractivity contribution in [1.82, 2.24) is 25.2 Å². The lowest BCUT2D eigenvalue weighted by molar-refractivity contribution is -0.173. The van der Waals surface area contributed by atoms with Crippen molar-refractivity contribution in [3.05, 3.63) is 72.1 Å². The maximum Gasteiger partial charge on any atom is 0.471 e. The smallest absolute Gasteiger partial charge is 0.355 e. The van der Waals surface area contributed by atoms with Crippen LogP contribution in [0.15, 0.2) is 60.9 Å². The van der Waals surface area contributed by atoms with Crippen molar-refractivity contribution in [3.63, 3.8) is 0 Å². The number of hydrogen-bond acceptors (Lipinski definition) is 3. The first-order valence-corrected chi connectivity index (χ1v) is 9.60. The standard InChI is InChI=1S/C22H18F3N5O2/c1-26-20(31)16-6-3-7-17-18(16)29-19(28-17)14-4-2-5-15(10-14)30-9-8-13(12-30)11-27-21(32)22(23,24)25/h2-10,12H,11H2,1H3,(H,26,31)(H,27,32)(H,28,29). The highest BCUT2D eigenvalue weighted by molar-refractivity contribution is 6.05. The van der Waals surface area contributed by atoms with Gasteiger partial charge in [-0.05, 0) is 35.9 Å². The monoisotopic (exact) mass is 441 g/mol. The number of para-hydroxylation sites is 1.